The second kappa shape index (κ2) is 10.3. The van der Waals surface area contributed by atoms with E-state index in [1.165, 1.54) is 6.07 Å². The molecule has 5 N–H and O–H groups in total. The molecule has 0 fully saturated rings. The third-order valence-corrected chi connectivity index (χ3v) is 3.73. The third-order valence-electron chi connectivity index (χ3n) is 3.08. The molecule has 9 nitrogen and oxygen atoms in total. The summed E-state index contributed by atoms with van der Waals surface area (Å²) in [6, 6.07) is 4.81. The number of para-hydroxylation sites is 2. The average molecular weight is 355 g/mol. The van der Waals surface area contributed by atoms with Gasteiger partial charge in [-0.15, -0.1) is 0 Å². The lowest BCUT2D eigenvalue weighted by Gasteiger charge is -2.17. The smallest absolute Gasteiger partial charge is 0.312 e. The van der Waals surface area contributed by atoms with E-state index < -0.39 is 17.0 Å². The topological polar surface area (TPSA) is 139 Å². The lowest BCUT2D eigenvalue weighted by molar-refractivity contribution is -0.384. The zero-order valence-corrected chi connectivity index (χ0v) is 14.1. The first-order valence-electron chi connectivity index (χ1n) is 7.25. The maximum atomic E-state index is 12.0. The Morgan fingerprint density at radius 3 is 2.67 bits per heavy atom. The fraction of sp³-hybridized carbons (Fsp3) is 0.429. The first-order valence-corrected chi connectivity index (χ1v) is 8.65. The molecule has 0 radical (unpaired) electrons. The van der Waals surface area contributed by atoms with E-state index in [1.807, 2.05) is 6.26 Å². The molecule has 0 aliphatic heterocycles. The van der Waals surface area contributed by atoms with E-state index >= 15 is 0 Å². The van der Waals surface area contributed by atoms with Gasteiger partial charge in [0.25, 0.3) is 5.69 Å². The van der Waals surface area contributed by atoms with Crippen molar-refractivity contribution in [2.24, 2.45) is 5.73 Å². The summed E-state index contributed by atoms with van der Waals surface area (Å²) in [5.41, 5.74) is 5.42. The monoisotopic (exact) mass is 355 g/mol. The quantitative estimate of drug-likeness (QED) is 0.279. The van der Waals surface area contributed by atoms with Gasteiger partial charge in [-0.2, -0.15) is 11.8 Å². The van der Waals surface area contributed by atoms with Crippen LogP contribution in [0.4, 0.5) is 16.2 Å². The van der Waals surface area contributed by atoms with Crippen molar-refractivity contribution in [1.82, 2.24) is 10.6 Å². The van der Waals surface area contributed by atoms with Crippen LogP contribution in [-0.2, 0) is 4.79 Å². The van der Waals surface area contributed by atoms with Crippen LogP contribution in [0, 0.1) is 10.1 Å². The molecule has 132 valence electrons. The molecule has 1 aromatic carbocycles. The summed E-state index contributed by atoms with van der Waals surface area (Å²) < 4.78 is 0. The molecular weight excluding hydrogens is 334 g/mol. The van der Waals surface area contributed by atoms with Crippen molar-refractivity contribution in [3.63, 3.8) is 0 Å². The number of hydrogen-bond donors (Lipinski definition) is 4. The van der Waals surface area contributed by atoms with Crippen molar-refractivity contribution >= 4 is 35.1 Å². The number of thioether (sulfide) groups is 1. The van der Waals surface area contributed by atoms with Crippen LogP contribution in [0.3, 0.4) is 0 Å². The van der Waals surface area contributed by atoms with Crippen LogP contribution in [0.5, 0.6) is 0 Å². The number of nitrogens with zero attached hydrogens (tertiary/aromatic N) is 1. The third kappa shape index (κ3) is 6.73. The molecular formula is C14H21N5O4S. The zero-order valence-electron chi connectivity index (χ0n) is 13.3. The van der Waals surface area contributed by atoms with Crippen molar-refractivity contribution in [1.29, 1.82) is 0 Å². The van der Waals surface area contributed by atoms with Crippen LogP contribution in [0.25, 0.3) is 0 Å². The SMILES string of the molecule is CSCC[C@@H](NC(N)=O)C(=O)NCCNc1ccccc1[N+](=O)[O-]. The molecule has 0 aliphatic rings. The van der Waals surface area contributed by atoms with Gasteiger partial charge in [-0.3, -0.25) is 14.9 Å². The summed E-state index contributed by atoms with van der Waals surface area (Å²) in [5, 5.41) is 18.9. The minimum atomic E-state index is -0.755. The van der Waals surface area contributed by atoms with E-state index in [1.54, 1.807) is 30.0 Å². The zero-order chi connectivity index (χ0) is 17.9. The van der Waals surface area contributed by atoms with Gasteiger partial charge >= 0.3 is 6.03 Å². The fourth-order valence-electron chi connectivity index (χ4n) is 1.96. The van der Waals surface area contributed by atoms with E-state index in [0.29, 0.717) is 24.4 Å². The molecule has 0 spiro atoms. The van der Waals surface area contributed by atoms with Gasteiger partial charge in [-0.1, -0.05) is 12.1 Å². The number of carbonyl (C=O) groups is 2. The lowest BCUT2D eigenvalue weighted by atomic mass is 10.2. The molecule has 0 bridgehead atoms. The Morgan fingerprint density at radius 2 is 2.04 bits per heavy atom. The molecule has 0 aromatic heterocycles. The molecule has 1 atom stereocenters. The number of carbonyl (C=O) groups excluding carboxylic acids is 2. The fourth-order valence-corrected chi connectivity index (χ4v) is 2.44. The highest BCUT2D eigenvalue weighted by Gasteiger charge is 2.19. The largest absolute Gasteiger partial charge is 0.378 e. The summed E-state index contributed by atoms with van der Waals surface area (Å²) in [6.45, 7) is 0.559. The number of urea groups is 1. The van der Waals surface area contributed by atoms with Gasteiger partial charge in [-0.25, -0.2) is 4.79 Å². The highest BCUT2D eigenvalue weighted by Crippen LogP contribution is 2.22. The number of nitrogens with one attached hydrogen (secondary N) is 3. The molecule has 0 unspecified atom stereocenters. The highest BCUT2D eigenvalue weighted by atomic mass is 32.2. The number of primary amides is 1. The molecule has 0 saturated carbocycles. The second-order valence-corrected chi connectivity index (χ2v) is 5.82. The average Bonchev–Trinajstić information content (AvgIpc) is 2.55. The Labute approximate surface area is 143 Å². The molecule has 0 saturated heterocycles. The summed E-state index contributed by atoms with van der Waals surface area (Å²) in [4.78, 5) is 33.4. The molecule has 3 amide bonds. The van der Waals surface area contributed by atoms with Gasteiger partial charge in [0.15, 0.2) is 0 Å². The number of amides is 3. The van der Waals surface area contributed by atoms with Crippen LogP contribution >= 0.6 is 11.8 Å². The first kappa shape index (κ1) is 19.6. The van der Waals surface area contributed by atoms with Gasteiger partial charge in [0.1, 0.15) is 11.7 Å². The summed E-state index contributed by atoms with van der Waals surface area (Å²) >= 11 is 1.56. The molecule has 1 rings (SSSR count). The van der Waals surface area contributed by atoms with E-state index in [9.17, 15) is 19.7 Å². The van der Waals surface area contributed by atoms with E-state index in [4.69, 9.17) is 5.73 Å². The molecule has 24 heavy (non-hydrogen) atoms. The van der Waals surface area contributed by atoms with Crippen LogP contribution in [-0.4, -0.2) is 48.0 Å². The van der Waals surface area contributed by atoms with Gasteiger partial charge in [0.2, 0.25) is 5.91 Å². The minimum Gasteiger partial charge on any atom is -0.378 e. The number of anilines is 1. The van der Waals surface area contributed by atoms with Crippen LogP contribution in [0.15, 0.2) is 24.3 Å². The predicted octanol–water partition coefficient (Wildman–Crippen LogP) is 0.913. The van der Waals surface area contributed by atoms with E-state index in [-0.39, 0.29) is 18.1 Å². The highest BCUT2D eigenvalue weighted by molar-refractivity contribution is 7.98. The second-order valence-electron chi connectivity index (χ2n) is 4.83. The number of rotatable bonds is 10. The number of hydrogen-bond acceptors (Lipinski definition) is 6. The van der Waals surface area contributed by atoms with Gasteiger partial charge in [-0.05, 0) is 24.5 Å². The van der Waals surface area contributed by atoms with Crippen LogP contribution < -0.4 is 21.7 Å². The van der Waals surface area contributed by atoms with Crippen molar-refractivity contribution in [2.75, 3.05) is 30.4 Å². The van der Waals surface area contributed by atoms with E-state index in [2.05, 4.69) is 16.0 Å². The van der Waals surface area contributed by atoms with Crippen molar-refractivity contribution in [3.8, 4) is 0 Å². The summed E-state index contributed by atoms with van der Waals surface area (Å²) in [6.07, 6.45) is 2.36. The number of nitro benzene ring substituents is 1. The van der Waals surface area contributed by atoms with Crippen LogP contribution in [0.2, 0.25) is 0 Å². The van der Waals surface area contributed by atoms with Crippen molar-refractivity contribution in [3.05, 3.63) is 34.4 Å². The molecule has 10 heteroatoms. The van der Waals surface area contributed by atoms with E-state index in [0.717, 1.165) is 0 Å². The Hall–Kier alpha value is -2.49. The first-order chi connectivity index (χ1) is 11.5. The lowest BCUT2D eigenvalue weighted by Crippen LogP contribution is -2.49. The summed E-state index contributed by atoms with van der Waals surface area (Å²) in [5.74, 6) is 0.361. The Balaban J connectivity index is 2.46. The molecule has 0 heterocycles. The van der Waals surface area contributed by atoms with Gasteiger partial charge in [0, 0.05) is 19.2 Å². The molecule has 1 aromatic rings. The van der Waals surface area contributed by atoms with Crippen molar-refractivity contribution < 1.29 is 14.5 Å². The maximum Gasteiger partial charge on any atom is 0.312 e. The molecule has 0 aliphatic carbocycles. The number of nitrogens with two attached hydrogens (primary N) is 1. The van der Waals surface area contributed by atoms with Gasteiger partial charge < -0.3 is 21.7 Å². The summed E-state index contributed by atoms with van der Waals surface area (Å²) in [7, 11) is 0. The van der Waals surface area contributed by atoms with Crippen LogP contribution in [0.1, 0.15) is 6.42 Å². The van der Waals surface area contributed by atoms with Crippen molar-refractivity contribution in [2.45, 2.75) is 12.5 Å². The predicted molar refractivity (Wildman–Crippen MR) is 94.1 cm³/mol. The minimum absolute atomic E-state index is 0.0305. The standard InChI is InChI=1S/C14H21N5O4S/c1-24-9-6-11(18-14(15)21)13(20)17-8-7-16-10-4-2-3-5-12(10)19(22)23/h2-5,11,16H,6-9H2,1H3,(H,17,20)(H3,15,18,21)/t11-/m1/s1. The maximum absolute atomic E-state index is 12.0. The Bertz CT molecular complexity index is 584. The number of nitro groups is 1. The number of benzene rings is 1. The Kier molecular flexibility index (Phi) is 8.41. The normalized spacial score (nSPS) is 11.4. The van der Waals surface area contributed by atoms with Gasteiger partial charge in [0.05, 0.1) is 4.92 Å². The Morgan fingerprint density at radius 1 is 1.33 bits per heavy atom.